The number of aliphatic hydroxyl groups is 1. The predicted molar refractivity (Wildman–Crippen MR) is 71.1 cm³/mol. The van der Waals surface area contributed by atoms with Crippen molar-refractivity contribution in [1.82, 2.24) is 19.5 Å². The second-order valence-electron chi connectivity index (χ2n) is 4.69. The van der Waals surface area contributed by atoms with E-state index in [4.69, 9.17) is 22.6 Å². The minimum absolute atomic E-state index is 0.293. The number of nitrogen functional groups attached to an aromatic ring is 1. The molecule has 0 aromatic carbocycles. The molecule has 0 amide bonds. The summed E-state index contributed by atoms with van der Waals surface area (Å²) in [6.45, 7) is -0.342. The predicted octanol–water partition coefficient (Wildman–Crippen LogP) is -0.981. The lowest BCUT2D eigenvalue weighted by molar-refractivity contribution is -0.0654. The van der Waals surface area contributed by atoms with Crippen LogP contribution in [-0.2, 0) is 4.74 Å². The number of imidazole rings is 1. The number of nitrogens with zero attached hydrogens (tertiary/aromatic N) is 4. The molecule has 8 nitrogen and oxygen atoms in total. The van der Waals surface area contributed by atoms with Gasteiger partial charge in [0, 0.05) is 6.42 Å². The summed E-state index contributed by atoms with van der Waals surface area (Å²) in [5.74, 6) is 2.73. The molecule has 1 aliphatic rings. The number of nitrogens with two attached hydrogens (primary N) is 2. The quantitative estimate of drug-likeness (QED) is 0.601. The summed E-state index contributed by atoms with van der Waals surface area (Å²) < 4.78 is 7.46. The van der Waals surface area contributed by atoms with E-state index in [9.17, 15) is 5.11 Å². The molecule has 3 rings (SSSR count). The van der Waals surface area contributed by atoms with Gasteiger partial charge >= 0.3 is 0 Å². The van der Waals surface area contributed by atoms with Gasteiger partial charge in [0.2, 0.25) is 0 Å². The number of rotatable bonds is 2. The molecule has 0 aliphatic carbocycles. The summed E-state index contributed by atoms with van der Waals surface area (Å²) in [5, 5.41) is 9.44. The standard InChI is InChI=1S/C12H14N6O2/c1-2-12(4-19)7(13)3-8(20-12)18-6-17-9-10(14)15-5-16-11(9)18/h1,5-8,19H,3-4,13H2,(H2,14,15,16)/t7-,8+,12+/m0/s1. The van der Waals surface area contributed by atoms with E-state index in [1.54, 1.807) is 10.9 Å². The fourth-order valence-electron chi connectivity index (χ4n) is 2.38. The molecule has 1 fully saturated rings. The Hall–Kier alpha value is -2.21. The van der Waals surface area contributed by atoms with Gasteiger partial charge in [0.1, 0.15) is 18.1 Å². The Labute approximate surface area is 114 Å². The zero-order valence-corrected chi connectivity index (χ0v) is 10.6. The Bertz CT molecular complexity index is 693. The molecule has 1 saturated heterocycles. The molecule has 0 unspecified atom stereocenters. The van der Waals surface area contributed by atoms with Crippen molar-refractivity contribution >= 4 is 17.0 Å². The lowest BCUT2D eigenvalue weighted by atomic mass is 9.97. The molecule has 2 aromatic rings. The number of ether oxygens (including phenoxy) is 1. The highest BCUT2D eigenvalue weighted by molar-refractivity contribution is 5.81. The fraction of sp³-hybridized carbons (Fsp3) is 0.417. The maximum absolute atomic E-state index is 9.44. The molecule has 3 atom stereocenters. The van der Waals surface area contributed by atoms with Crippen molar-refractivity contribution in [2.75, 3.05) is 12.3 Å². The average molecular weight is 274 g/mol. The molecule has 0 radical (unpaired) electrons. The monoisotopic (exact) mass is 274 g/mol. The first-order valence-electron chi connectivity index (χ1n) is 6.06. The van der Waals surface area contributed by atoms with Gasteiger partial charge in [0.05, 0.1) is 19.0 Å². The Morgan fingerprint density at radius 3 is 3.00 bits per heavy atom. The molecule has 0 saturated carbocycles. The van der Waals surface area contributed by atoms with Gasteiger partial charge in [-0.3, -0.25) is 4.57 Å². The van der Waals surface area contributed by atoms with Crippen LogP contribution in [0.4, 0.5) is 5.82 Å². The summed E-state index contributed by atoms with van der Waals surface area (Å²) in [6, 6.07) is -0.473. The van der Waals surface area contributed by atoms with Crippen molar-refractivity contribution in [1.29, 1.82) is 0 Å². The molecule has 2 aromatic heterocycles. The van der Waals surface area contributed by atoms with E-state index in [1.807, 2.05) is 0 Å². The molecular formula is C12H14N6O2. The highest BCUT2D eigenvalue weighted by Gasteiger charge is 2.46. The minimum atomic E-state index is -1.18. The number of hydrogen-bond acceptors (Lipinski definition) is 7. The van der Waals surface area contributed by atoms with Crippen molar-refractivity contribution in [2.24, 2.45) is 5.73 Å². The normalized spacial score (nSPS) is 29.6. The van der Waals surface area contributed by atoms with Gasteiger partial charge in [-0.1, -0.05) is 5.92 Å². The van der Waals surface area contributed by atoms with Crippen molar-refractivity contribution in [2.45, 2.75) is 24.3 Å². The van der Waals surface area contributed by atoms with E-state index >= 15 is 0 Å². The van der Waals surface area contributed by atoms with Gasteiger partial charge in [0.25, 0.3) is 0 Å². The largest absolute Gasteiger partial charge is 0.392 e. The maximum atomic E-state index is 9.44. The molecule has 104 valence electrons. The molecule has 20 heavy (non-hydrogen) atoms. The van der Waals surface area contributed by atoms with E-state index in [-0.39, 0.29) is 6.61 Å². The number of anilines is 1. The third-order valence-corrected chi connectivity index (χ3v) is 3.58. The highest BCUT2D eigenvalue weighted by atomic mass is 16.5. The lowest BCUT2D eigenvalue weighted by Gasteiger charge is -2.24. The van der Waals surface area contributed by atoms with Gasteiger partial charge in [-0.05, 0) is 0 Å². The van der Waals surface area contributed by atoms with Crippen LogP contribution in [0.3, 0.4) is 0 Å². The topological polar surface area (TPSA) is 125 Å². The van der Waals surface area contributed by atoms with Crippen LogP contribution >= 0.6 is 0 Å². The number of terminal acetylenes is 1. The fourth-order valence-corrected chi connectivity index (χ4v) is 2.38. The van der Waals surface area contributed by atoms with E-state index in [0.717, 1.165) is 0 Å². The SMILES string of the molecule is C#C[C@]1(CO)O[C@@H](n2cnc3c(N)ncnc32)C[C@@H]1N. The summed E-state index contributed by atoms with van der Waals surface area (Å²) >= 11 is 0. The zero-order valence-electron chi connectivity index (χ0n) is 10.6. The van der Waals surface area contributed by atoms with E-state index in [1.165, 1.54) is 6.33 Å². The van der Waals surface area contributed by atoms with Crippen LogP contribution < -0.4 is 11.5 Å². The van der Waals surface area contributed by atoms with Gasteiger partial charge < -0.3 is 21.3 Å². The van der Waals surface area contributed by atoms with Crippen molar-refractivity contribution in [3.63, 3.8) is 0 Å². The van der Waals surface area contributed by atoms with Crippen LogP contribution in [0.1, 0.15) is 12.6 Å². The average Bonchev–Trinajstić information content (AvgIpc) is 3.01. The van der Waals surface area contributed by atoms with Gasteiger partial charge in [-0.25, -0.2) is 15.0 Å². The van der Waals surface area contributed by atoms with Crippen LogP contribution in [0.5, 0.6) is 0 Å². The first kappa shape index (κ1) is 12.8. The molecule has 0 spiro atoms. The summed E-state index contributed by atoms with van der Waals surface area (Å²) in [6.07, 6.45) is 8.33. The summed E-state index contributed by atoms with van der Waals surface area (Å²) in [5.41, 5.74) is 11.6. The van der Waals surface area contributed by atoms with Crippen molar-refractivity contribution in [3.05, 3.63) is 12.7 Å². The Morgan fingerprint density at radius 2 is 2.35 bits per heavy atom. The van der Waals surface area contributed by atoms with E-state index in [2.05, 4.69) is 20.9 Å². The Balaban J connectivity index is 2.02. The molecule has 8 heteroatoms. The maximum Gasteiger partial charge on any atom is 0.168 e. The summed E-state index contributed by atoms with van der Waals surface area (Å²) in [7, 11) is 0. The molecule has 5 N–H and O–H groups in total. The second-order valence-corrected chi connectivity index (χ2v) is 4.69. The smallest absolute Gasteiger partial charge is 0.168 e. The number of aliphatic hydroxyl groups excluding tert-OH is 1. The highest BCUT2D eigenvalue weighted by Crippen LogP contribution is 2.36. The molecule has 0 bridgehead atoms. The second kappa shape index (κ2) is 4.42. The first-order chi connectivity index (χ1) is 9.61. The molecular weight excluding hydrogens is 260 g/mol. The molecule has 3 heterocycles. The third kappa shape index (κ3) is 1.65. The van der Waals surface area contributed by atoms with Crippen LogP contribution in [0.25, 0.3) is 11.2 Å². The van der Waals surface area contributed by atoms with Gasteiger partial charge in [-0.2, -0.15) is 0 Å². The summed E-state index contributed by atoms with van der Waals surface area (Å²) in [4.78, 5) is 12.2. The third-order valence-electron chi connectivity index (χ3n) is 3.58. The van der Waals surface area contributed by atoms with Gasteiger partial charge in [0.15, 0.2) is 17.1 Å². The van der Waals surface area contributed by atoms with Crippen LogP contribution in [0, 0.1) is 12.3 Å². The number of hydrogen-bond donors (Lipinski definition) is 3. The molecule has 1 aliphatic heterocycles. The Kier molecular flexibility index (Phi) is 2.83. The zero-order chi connectivity index (χ0) is 14.3. The van der Waals surface area contributed by atoms with Crippen LogP contribution in [0.2, 0.25) is 0 Å². The van der Waals surface area contributed by atoms with Crippen LogP contribution in [0.15, 0.2) is 12.7 Å². The number of aromatic nitrogens is 4. The lowest BCUT2D eigenvalue weighted by Crippen LogP contribution is -2.46. The minimum Gasteiger partial charge on any atom is -0.392 e. The van der Waals surface area contributed by atoms with Crippen LogP contribution in [-0.4, -0.2) is 42.9 Å². The first-order valence-corrected chi connectivity index (χ1v) is 6.06. The Morgan fingerprint density at radius 1 is 1.55 bits per heavy atom. The number of fused-ring (bicyclic) bond motifs is 1. The van der Waals surface area contributed by atoms with E-state index in [0.29, 0.717) is 23.4 Å². The van der Waals surface area contributed by atoms with Crippen molar-refractivity contribution < 1.29 is 9.84 Å². The van der Waals surface area contributed by atoms with E-state index < -0.39 is 17.9 Å². The van der Waals surface area contributed by atoms with Gasteiger partial charge in [-0.15, -0.1) is 6.42 Å². The van der Waals surface area contributed by atoms with Crippen molar-refractivity contribution in [3.8, 4) is 12.3 Å².